The minimum absolute atomic E-state index is 0.0522. The second kappa shape index (κ2) is 6.49. The van der Waals surface area contributed by atoms with E-state index in [0.717, 1.165) is 0 Å². The molecule has 0 aliphatic heterocycles. The van der Waals surface area contributed by atoms with Gasteiger partial charge in [0.05, 0.1) is 0 Å². The van der Waals surface area contributed by atoms with E-state index in [4.69, 9.17) is 11.6 Å². The van der Waals surface area contributed by atoms with Crippen LogP contribution in [0.1, 0.15) is 42.3 Å². The first-order chi connectivity index (χ1) is 10.3. The van der Waals surface area contributed by atoms with E-state index in [1.165, 1.54) is 17.7 Å². The molecule has 2 aromatic rings. The third-order valence-electron chi connectivity index (χ3n) is 3.47. The molecule has 1 amide bonds. The SMILES string of the molecule is CC(C)(C)c1ccc(C(=O)NCc2ccc(F)cc2Cl)cc1. The summed E-state index contributed by atoms with van der Waals surface area (Å²) in [6.07, 6.45) is 0. The van der Waals surface area contributed by atoms with Crippen LogP contribution in [0, 0.1) is 5.82 Å². The molecule has 0 saturated carbocycles. The topological polar surface area (TPSA) is 29.1 Å². The van der Waals surface area contributed by atoms with Crippen LogP contribution in [0.5, 0.6) is 0 Å². The number of halogens is 2. The van der Waals surface area contributed by atoms with Crippen LogP contribution in [0.2, 0.25) is 5.02 Å². The van der Waals surface area contributed by atoms with Gasteiger partial charge in [-0.2, -0.15) is 0 Å². The van der Waals surface area contributed by atoms with Crippen molar-refractivity contribution in [2.75, 3.05) is 0 Å². The molecule has 0 saturated heterocycles. The molecule has 0 atom stereocenters. The third kappa shape index (κ3) is 4.08. The van der Waals surface area contributed by atoms with Crippen LogP contribution in [-0.2, 0) is 12.0 Å². The lowest BCUT2D eigenvalue weighted by molar-refractivity contribution is 0.0951. The summed E-state index contributed by atoms with van der Waals surface area (Å²) in [5.74, 6) is -0.571. The maximum atomic E-state index is 13.0. The number of amides is 1. The normalized spacial score (nSPS) is 11.3. The van der Waals surface area contributed by atoms with Gasteiger partial charge in [-0.3, -0.25) is 4.79 Å². The Bertz CT molecular complexity index is 674. The van der Waals surface area contributed by atoms with Crippen LogP contribution in [0.15, 0.2) is 42.5 Å². The lowest BCUT2D eigenvalue weighted by Crippen LogP contribution is -2.23. The maximum Gasteiger partial charge on any atom is 0.251 e. The molecule has 4 heteroatoms. The Hall–Kier alpha value is -1.87. The first kappa shape index (κ1) is 16.5. The van der Waals surface area contributed by atoms with Gasteiger partial charge in [-0.15, -0.1) is 0 Å². The fraction of sp³-hybridized carbons (Fsp3) is 0.278. The maximum absolute atomic E-state index is 13.0. The summed E-state index contributed by atoms with van der Waals surface area (Å²) in [5, 5.41) is 3.10. The van der Waals surface area contributed by atoms with Crippen molar-refractivity contribution in [3.63, 3.8) is 0 Å². The number of benzene rings is 2. The second-order valence-corrected chi connectivity index (χ2v) is 6.65. The molecule has 2 rings (SSSR count). The van der Waals surface area contributed by atoms with Crippen LogP contribution in [0.4, 0.5) is 4.39 Å². The van der Waals surface area contributed by atoms with Gasteiger partial charge in [0, 0.05) is 17.1 Å². The Morgan fingerprint density at radius 3 is 2.32 bits per heavy atom. The summed E-state index contributed by atoms with van der Waals surface area (Å²) in [6, 6.07) is 11.7. The lowest BCUT2D eigenvalue weighted by Gasteiger charge is -2.19. The zero-order valence-electron chi connectivity index (χ0n) is 12.9. The molecular weight excluding hydrogens is 301 g/mol. The Balaban J connectivity index is 2.03. The van der Waals surface area contributed by atoms with Gasteiger partial charge in [-0.05, 0) is 40.8 Å². The quantitative estimate of drug-likeness (QED) is 0.872. The number of carbonyl (C=O) groups is 1. The first-order valence-corrected chi connectivity index (χ1v) is 7.48. The van der Waals surface area contributed by atoms with E-state index >= 15 is 0 Å². The highest BCUT2D eigenvalue weighted by molar-refractivity contribution is 6.31. The fourth-order valence-corrected chi connectivity index (χ4v) is 2.30. The van der Waals surface area contributed by atoms with E-state index in [1.54, 1.807) is 6.07 Å². The molecule has 116 valence electrons. The zero-order chi connectivity index (χ0) is 16.3. The van der Waals surface area contributed by atoms with Crippen molar-refractivity contribution < 1.29 is 9.18 Å². The van der Waals surface area contributed by atoms with Gasteiger partial charge in [0.2, 0.25) is 0 Å². The number of hydrogen-bond acceptors (Lipinski definition) is 1. The molecule has 0 heterocycles. The van der Waals surface area contributed by atoms with Gasteiger partial charge in [0.1, 0.15) is 5.82 Å². The number of carbonyl (C=O) groups excluding carboxylic acids is 1. The predicted molar refractivity (Wildman–Crippen MR) is 87.7 cm³/mol. The molecule has 0 spiro atoms. The monoisotopic (exact) mass is 319 g/mol. The molecule has 0 bridgehead atoms. The van der Waals surface area contributed by atoms with E-state index in [-0.39, 0.29) is 17.9 Å². The third-order valence-corrected chi connectivity index (χ3v) is 3.82. The fourth-order valence-electron chi connectivity index (χ4n) is 2.06. The molecule has 2 aromatic carbocycles. The smallest absolute Gasteiger partial charge is 0.251 e. The summed E-state index contributed by atoms with van der Waals surface area (Å²) in [6.45, 7) is 6.63. The lowest BCUT2D eigenvalue weighted by atomic mass is 9.87. The summed E-state index contributed by atoms with van der Waals surface area (Å²) >= 11 is 5.94. The van der Waals surface area contributed by atoms with Gasteiger partial charge < -0.3 is 5.32 Å². The highest BCUT2D eigenvalue weighted by atomic mass is 35.5. The van der Waals surface area contributed by atoms with Crippen molar-refractivity contribution in [1.29, 1.82) is 0 Å². The van der Waals surface area contributed by atoms with Gasteiger partial charge in [0.25, 0.3) is 5.91 Å². The Morgan fingerprint density at radius 1 is 1.14 bits per heavy atom. The van der Waals surface area contributed by atoms with E-state index in [2.05, 4.69) is 26.1 Å². The van der Waals surface area contributed by atoms with Crippen LogP contribution in [-0.4, -0.2) is 5.91 Å². The summed E-state index contributed by atoms with van der Waals surface area (Å²) < 4.78 is 13.0. The average Bonchev–Trinajstić information content (AvgIpc) is 2.45. The highest BCUT2D eigenvalue weighted by Crippen LogP contribution is 2.22. The number of nitrogens with one attached hydrogen (secondary N) is 1. The largest absolute Gasteiger partial charge is 0.348 e. The van der Waals surface area contributed by atoms with Crippen LogP contribution >= 0.6 is 11.6 Å². The van der Waals surface area contributed by atoms with Crippen molar-refractivity contribution in [1.82, 2.24) is 5.32 Å². The molecule has 2 nitrogen and oxygen atoms in total. The second-order valence-electron chi connectivity index (χ2n) is 6.25. The molecule has 22 heavy (non-hydrogen) atoms. The van der Waals surface area contributed by atoms with E-state index in [1.807, 2.05) is 24.3 Å². The van der Waals surface area contributed by atoms with Crippen LogP contribution < -0.4 is 5.32 Å². The molecule has 0 aliphatic carbocycles. The van der Waals surface area contributed by atoms with Crippen molar-refractivity contribution in [2.24, 2.45) is 0 Å². The minimum atomic E-state index is -0.391. The Labute approximate surface area is 135 Å². The molecule has 0 radical (unpaired) electrons. The van der Waals surface area contributed by atoms with Crippen molar-refractivity contribution in [3.05, 3.63) is 70.0 Å². The molecular formula is C18H19ClFNO. The van der Waals surface area contributed by atoms with E-state index in [9.17, 15) is 9.18 Å². The van der Waals surface area contributed by atoms with Gasteiger partial charge in [0.15, 0.2) is 0 Å². The standard InChI is InChI=1S/C18H19ClFNO/c1-18(2,3)14-7-4-12(5-8-14)17(22)21-11-13-6-9-15(20)10-16(13)19/h4-10H,11H2,1-3H3,(H,21,22). The van der Waals surface area contributed by atoms with Crippen molar-refractivity contribution in [2.45, 2.75) is 32.7 Å². The number of rotatable bonds is 3. The van der Waals surface area contributed by atoms with Gasteiger partial charge in [-0.1, -0.05) is 50.6 Å². The zero-order valence-corrected chi connectivity index (χ0v) is 13.7. The van der Waals surface area contributed by atoms with E-state index < -0.39 is 5.82 Å². The van der Waals surface area contributed by atoms with Gasteiger partial charge >= 0.3 is 0 Å². The van der Waals surface area contributed by atoms with E-state index in [0.29, 0.717) is 16.1 Å². The molecule has 0 aliphatic rings. The highest BCUT2D eigenvalue weighted by Gasteiger charge is 2.14. The Kier molecular flexibility index (Phi) is 4.87. The van der Waals surface area contributed by atoms with Gasteiger partial charge in [-0.25, -0.2) is 4.39 Å². The number of hydrogen-bond donors (Lipinski definition) is 1. The molecule has 0 aromatic heterocycles. The summed E-state index contributed by atoms with van der Waals surface area (Å²) in [5.41, 5.74) is 2.50. The minimum Gasteiger partial charge on any atom is -0.348 e. The molecule has 1 N–H and O–H groups in total. The summed E-state index contributed by atoms with van der Waals surface area (Å²) in [7, 11) is 0. The average molecular weight is 320 g/mol. The van der Waals surface area contributed by atoms with Crippen molar-refractivity contribution >= 4 is 17.5 Å². The van der Waals surface area contributed by atoms with Crippen LogP contribution in [0.3, 0.4) is 0 Å². The molecule has 0 unspecified atom stereocenters. The predicted octanol–water partition coefficient (Wildman–Crippen LogP) is 4.71. The Morgan fingerprint density at radius 2 is 1.77 bits per heavy atom. The molecule has 0 fully saturated rings. The van der Waals surface area contributed by atoms with Crippen LogP contribution in [0.25, 0.3) is 0 Å². The first-order valence-electron chi connectivity index (χ1n) is 7.10. The van der Waals surface area contributed by atoms with Crippen molar-refractivity contribution in [3.8, 4) is 0 Å². The summed E-state index contributed by atoms with van der Waals surface area (Å²) in [4.78, 5) is 12.1.